The molecule has 2 aromatic heterocycles. The van der Waals surface area contributed by atoms with Crippen LogP contribution < -0.4 is 9.64 Å². The fourth-order valence-corrected chi connectivity index (χ4v) is 5.75. The van der Waals surface area contributed by atoms with Crippen molar-refractivity contribution in [3.8, 4) is 11.4 Å². The molecule has 1 aromatic carbocycles. The maximum atomic E-state index is 12.9. The molecule has 0 amide bonds. The van der Waals surface area contributed by atoms with E-state index in [2.05, 4.69) is 29.4 Å². The van der Waals surface area contributed by atoms with E-state index >= 15 is 0 Å². The number of alkyl halides is 3. The molecule has 8 nitrogen and oxygen atoms in total. The zero-order chi connectivity index (χ0) is 25.6. The minimum Gasteiger partial charge on any atom is -0.402 e. The SMILES string of the molecule is FC(F)(F)Oc1cccnc1N1CCC(c2nnc3n2-c2ccc(Cl)cc2CN([C@H]2CCOC2)C3)CC1. The smallest absolute Gasteiger partial charge is 0.402 e. The highest BCUT2D eigenvalue weighted by Gasteiger charge is 2.35. The van der Waals surface area contributed by atoms with Crippen molar-refractivity contribution < 1.29 is 22.6 Å². The van der Waals surface area contributed by atoms with Crippen molar-refractivity contribution in [3.05, 3.63) is 58.8 Å². The second kappa shape index (κ2) is 9.77. The van der Waals surface area contributed by atoms with Crippen LogP contribution in [0.5, 0.6) is 5.75 Å². The maximum absolute atomic E-state index is 12.9. The highest BCUT2D eigenvalue weighted by Crippen LogP contribution is 2.37. The van der Waals surface area contributed by atoms with Crippen LogP contribution in [-0.2, 0) is 17.8 Å². The molecule has 37 heavy (non-hydrogen) atoms. The van der Waals surface area contributed by atoms with Gasteiger partial charge < -0.3 is 14.4 Å². The molecule has 2 fully saturated rings. The summed E-state index contributed by atoms with van der Waals surface area (Å²) in [6.45, 7) is 3.90. The van der Waals surface area contributed by atoms with Crippen molar-refractivity contribution in [2.75, 3.05) is 31.2 Å². The molecule has 0 spiro atoms. The van der Waals surface area contributed by atoms with E-state index in [-0.39, 0.29) is 17.5 Å². The molecule has 196 valence electrons. The Kier molecular flexibility index (Phi) is 6.46. The molecule has 0 saturated carbocycles. The largest absolute Gasteiger partial charge is 0.573 e. The Bertz CT molecular complexity index is 1270. The Morgan fingerprint density at radius 1 is 1.05 bits per heavy atom. The summed E-state index contributed by atoms with van der Waals surface area (Å²) in [6.07, 6.45) is -0.925. The minimum absolute atomic E-state index is 0.0955. The number of pyridine rings is 1. The fourth-order valence-electron chi connectivity index (χ4n) is 5.56. The first kappa shape index (κ1) is 24.4. The molecule has 3 aliphatic heterocycles. The van der Waals surface area contributed by atoms with Gasteiger partial charge >= 0.3 is 6.36 Å². The monoisotopic (exact) mass is 534 g/mol. The number of halogens is 4. The molecule has 0 radical (unpaired) electrons. The number of ether oxygens (including phenoxy) is 2. The Labute approximate surface area is 217 Å². The first-order valence-electron chi connectivity index (χ1n) is 12.4. The lowest BCUT2D eigenvalue weighted by Gasteiger charge is -2.33. The van der Waals surface area contributed by atoms with Crippen LogP contribution in [0.2, 0.25) is 5.02 Å². The quantitative estimate of drug-likeness (QED) is 0.480. The van der Waals surface area contributed by atoms with Crippen molar-refractivity contribution in [2.24, 2.45) is 0 Å². The highest BCUT2D eigenvalue weighted by molar-refractivity contribution is 6.30. The van der Waals surface area contributed by atoms with Crippen LogP contribution in [0, 0.1) is 0 Å². The molecular weight excluding hydrogens is 509 g/mol. The molecule has 0 unspecified atom stereocenters. The second-order valence-electron chi connectivity index (χ2n) is 9.64. The molecule has 0 bridgehead atoms. The summed E-state index contributed by atoms with van der Waals surface area (Å²) in [4.78, 5) is 8.40. The number of rotatable bonds is 4. The van der Waals surface area contributed by atoms with Gasteiger partial charge in [0.2, 0.25) is 0 Å². The summed E-state index contributed by atoms with van der Waals surface area (Å²) in [7, 11) is 0. The number of nitrogens with zero attached hydrogens (tertiary/aromatic N) is 6. The van der Waals surface area contributed by atoms with Gasteiger partial charge in [-0.2, -0.15) is 0 Å². The fraction of sp³-hybridized carbons (Fsp3) is 0.480. The number of aromatic nitrogens is 4. The van der Waals surface area contributed by atoms with Gasteiger partial charge in [0.25, 0.3) is 0 Å². The van der Waals surface area contributed by atoms with E-state index < -0.39 is 6.36 Å². The van der Waals surface area contributed by atoms with Gasteiger partial charge in [0, 0.05) is 49.4 Å². The van der Waals surface area contributed by atoms with Crippen molar-refractivity contribution in [2.45, 2.75) is 50.7 Å². The summed E-state index contributed by atoms with van der Waals surface area (Å²) in [5, 5.41) is 9.90. The number of fused-ring (bicyclic) bond motifs is 3. The lowest BCUT2D eigenvalue weighted by Crippen LogP contribution is -2.35. The molecule has 12 heteroatoms. The lowest BCUT2D eigenvalue weighted by molar-refractivity contribution is -0.274. The van der Waals surface area contributed by atoms with Gasteiger partial charge in [-0.15, -0.1) is 23.4 Å². The van der Waals surface area contributed by atoms with E-state index in [4.69, 9.17) is 16.3 Å². The highest BCUT2D eigenvalue weighted by atomic mass is 35.5. The van der Waals surface area contributed by atoms with Crippen LogP contribution in [0.25, 0.3) is 5.69 Å². The molecule has 0 aliphatic carbocycles. The summed E-state index contributed by atoms with van der Waals surface area (Å²) >= 11 is 6.38. The van der Waals surface area contributed by atoms with Crippen molar-refractivity contribution >= 4 is 17.4 Å². The predicted molar refractivity (Wildman–Crippen MR) is 130 cm³/mol. The van der Waals surface area contributed by atoms with Crippen LogP contribution >= 0.6 is 11.6 Å². The van der Waals surface area contributed by atoms with E-state index in [9.17, 15) is 13.2 Å². The van der Waals surface area contributed by atoms with E-state index in [1.807, 2.05) is 23.1 Å². The first-order chi connectivity index (χ1) is 17.9. The Hall–Kier alpha value is -2.89. The van der Waals surface area contributed by atoms with Gasteiger partial charge in [-0.25, -0.2) is 4.98 Å². The summed E-state index contributed by atoms with van der Waals surface area (Å²) in [5.74, 6) is 1.75. The third kappa shape index (κ3) is 4.99. The predicted octanol–water partition coefficient (Wildman–Crippen LogP) is 4.70. The van der Waals surface area contributed by atoms with Crippen LogP contribution in [0.3, 0.4) is 0 Å². The van der Waals surface area contributed by atoms with Gasteiger partial charge in [-0.3, -0.25) is 9.47 Å². The number of hydrogen-bond donors (Lipinski definition) is 0. The molecule has 1 atom stereocenters. The van der Waals surface area contributed by atoms with Gasteiger partial charge in [0.05, 0.1) is 18.8 Å². The average Bonchev–Trinajstić information content (AvgIpc) is 3.51. The van der Waals surface area contributed by atoms with E-state index in [0.717, 1.165) is 42.5 Å². The number of benzene rings is 1. The van der Waals surface area contributed by atoms with Crippen LogP contribution in [0.15, 0.2) is 36.5 Å². The van der Waals surface area contributed by atoms with E-state index in [1.54, 1.807) is 0 Å². The Morgan fingerprint density at radius 3 is 2.65 bits per heavy atom. The standard InChI is InChI=1S/C25H26ClF3N6O2/c26-18-3-4-20-17(12-18)13-34(19-7-11-36-15-19)14-22-31-32-23(35(20)22)16-5-9-33(10-6-16)24-21(2-1-8-30-24)37-25(27,28)29/h1-4,8,12,16,19H,5-7,9-11,13-15H2/t19-/m0/s1. The maximum Gasteiger partial charge on any atom is 0.573 e. The zero-order valence-corrected chi connectivity index (χ0v) is 20.8. The lowest BCUT2D eigenvalue weighted by atomic mass is 9.95. The topological polar surface area (TPSA) is 68.5 Å². The van der Waals surface area contributed by atoms with E-state index in [0.29, 0.717) is 50.1 Å². The van der Waals surface area contributed by atoms with Crippen LogP contribution in [-0.4, -0.2) is 63.4 Å². The normalized spacial score (nSPS) is 21.0. The van der Waals surface area contributed by atoms with Crippen molar-refractivity contribution in [3.63, 3.8) is 0 Å². The van der Waals surface area contributed by atoms with Crippen LogP contribution in [0.1, 0.15) is 42.4 Å². The molecular formula is C25H26ClF3N6O2. The van der Waals surface area contributed by atoms with Gasteiger partial charge in [0.15, 0.2) is 17.4 Å². The molecule has 2 saturated heterocycles. The number of hydrogen-bond acceptors (Lipinski definition) is 7. The molecule has 3 aliphatic rings. The number of anilines is 1. The van der Waals surface area contributed by atoms with Gasteiger partial charge in [0.1, 0.15) is 5.82 Å². The summed E-state index contributed by atoms with van der Waals surface area (Å²) < 4.78 is 50.7. The molecule has 3 aromatic rings. The third-order valence-corrected chi connectivity index (χ3v) is 7.55. The zero-order valence-electron chi connectivity index (χ0n) is 20.0. The number of piperidine rings is 1. The molecule has 5 heterocycles. The summed E-state index contributed by atoms with van der Waals surface area (Å²) in [6, 6.07) is 8.95. The van der Waals surface area contributed by atoms with Crippen molar-refractivity contribution in [1.82, 2.24) is 24.6 Å². The third-order valence-electron chi connectivity index (χ3n) is 7.31. The van der Waals surface area contributed by atoms with Crippen LogP contribution in [0.4, 0.5) is 19.0 Å². The minimum atomic E-state index is -4.77. The van der Waals surface area contributed by atoms with E-state index in [1.165, 1.54) is 18.3 Å². The Morgan fingerprint density at radius 2 is 1.89 bits per heavy atom. The average molecular weight is 535 g/mol. The second-order valence-corrected chi connectivity index (χ2v) is 10.1. The summed E-state index contributed by atoms with van der Waals surface area (Å²) in [5.41, 5.74) is 2.13. The first-order valence-corrected chi connectivity index (χ1v) is 12.7. The van der Waals surface area contributed by atoms with Gasteiger partial charge in [-0.05, 0) is 55.2 Å². The molecule has 0 N–H and O–H groups in total. The van der Waals surface area contributed by atoms with Gasteiger partial charge in [-0.1, -0.05) is 11.6 Å². The molecule has 6 rings (SSSR count). The van der Waals surface area contributed by atoms with Crippen molar-refractivity contribution in [1.29, 1.82) is 0 Å². The Balaban J connectivity index is 1.26.